The quantitative estimate of drug-likeness (QED) is 0.338. The second-order valence-electron chi connectivity index (χ2n) is 7.44. The second kappa shape index (κ2) is 8.99. The Morgan fingerprint density at radius 1 is 0.912 bits per heavy atom. The van der Waals surface area contributed by atoms with Crippen LogP contribution in [0.5, 0.6) is 5.75 Å². The zero-order chi connectivity index (χ0) is 23.7. The molecular weight excluding hydrogens is 453 g/mol. The van der Waals surface area contributed by atoms with E-state index < -0.39 is 17.0 Å². The lowest BCUT2D eigenvalue weighted by atomic mass is 10.1. The predicted octanol–water partition coefficient (Wildman–Crippen LogP) is 5.93. The number of hydrogen-bond donors (Lipinski definition) is 0. The summed E-state index contributed by atoms with van der Waals surface area (Å²) in [5.41, 5.74) is 3.34. The van der Waals surface area contributed by atoms with E-state index in [-0.39, 0.29) is 4.91 Å². The maximum Gasteiger partial charge on any atom is 0.298 e. The molecule has 3 aromatic carbocycles. The molecule has 1 aliphatic heterocycles. The van der Waals surface area contributed by atoms with Crippen molar-refractivity contribution in [3.05, 3.63) is 101 Å². The number of ether oxygens (including phenoxy) is 1. The number of halogens is 1. The van der Waals surface area contributed by atoms with Gasteiger partial charge >= 0.3 is 0 Å². The summed E-state index contributed by atoms with van der Waals surface area (Å²) in [6, 6.07) is 22.3. The van der Waals surface area contributed by atoms with E-state index in [0.29, 0.717) is 22.7 Å². The van der Waals surface area contributed by atoms with Crippen LogP contribution < -0.4 is 9.64 Å². The molecular formula is C26H18FN3O3S. The van der Waals surface area contributed by atoms with Gasteiger partial charge in [0.05, 0.1) is 29.1 Å². The topological polar surface area (TPSA) is 64.4 Å². The highest BCUT2D eigenvalue weighted by Crippen LogP contribution is 2.37. The van der Waals surface area contributed by atoms with Crippen molar-refractivity contribution in [2.45, 2.75) is 0 Å². The molecule has 0 aliphatic carbocycles. The highest BCUT2D eigenvalue weighted by molar-refractivity contribution is 8.19. The van der Waals surface area contributed by atoms with Crippen LogP contribution in [0.2, 0.25) is 0 Å². The van der Waals surface area contributed by atoms with Gasteiger partial charge in [0.1, 0.15) is 11.6 Å². The molecule has 0 N–H and O–H groups in total. The van der Waals surface area contributed by atoms with Crippen LogP contribution in [0.4, 0.5) is 14.9 Å². The van der Waals surface area contributed by atoms with Crippen LogP contribution in [0.3, 0.4) is 0 Å². The molecule has 168 valence electrons. The predicted molar refractivity (Wildman–Crippen MR) is 130 cm³/mol. The Morgan fingerprint density at radius 2 is 1.62 bits per heavy atom. The zero-order valence-electron chi connectivity index (χ0n) is 18.0. The molecule has 4 aromatic rings. The summed E-state index contributed by atoms with van der Waals surface area (Å²) in [6.45, 7) is 0. The molecule has 0 spiro atoms. The van der Waals surface area contributed by atoms with Gasteiger partial charge in [0.2, 0.25) is 0 Å². The number of nitrogens with zero attached hydrogens (tertiary/aromatic N) is 3. The fourth-order valence-electron chi connectivity index (χ4n) is 3.60. The first kappa shape index (κ1) is 21.7. The average molecular weight is 472 g/mol. The highest BCUT2D eigenvalue weighted by Gasteiger charge is 2.36. The third-order valence-electron chi connectivity index (χ3n) is 5.29. The number of benzene rings is 3. The minimum absolute atomic E-state index is 0.261. The molecule has 1 fully saturated rings. The number of para-hydroxylation sites is 1. The van der Waals surface area contributed by atoms with Crippen LogP contribution in [-0.4, -0.2) is 28.0 Å². The third kappa shape index (κ3) is 4.11. The number of rotatable bonds is 5. The van der Waals surface area contributed by atoms with E-state index in [0.717, 1.165) is 27.9 Å². The number of carbonyl (C=O) groups excluding carboxylic acids is 2. The zero-order valence-corrected chi connectivity index (χ0v) is 18.8. The Kier molecular flexibility index (Phi) is 5.73. The Labute approximate surface area is 199 Å². The lowest BCUT2D eigenvalue weighted by molar-refractivity contribution is -0.113. The van der Waals surface area contributed by atoms with Crippen molar-refractivity contribution >= 4 is 34.7 Å². The van der Waals surface area contributed by atoms with Crippen LogP contribution in [0.15, 0.2) is 90.0 Å². The van der Waals surface area contributed by atoms with Crippen LogP contribution >= 0.6 is 11.8 Å². The first-order chi connectivity index (χ1) is 16.5. The van der Waals surface area contributed by atoms with Gasteiger partial charge < -0.3 is 4.74 Å². The van der Waals surface area contributed by atoms with E-state index in [1.165, 1.54) is 24.3 Å². The van der Waals surface area contributed by atoms with Gasteiger partial charge in [-0.25, -0.2) is 14.0 Å². The average Bonchev–Trinajstić information content (AvgIpc) is 3.41. The van der Waals surface area contributed by atoms with Crippen molar-refractivity contribution in [3.8, 4) is 22.7 Å². The standard InChI is InChI=1S/C26H18FN3O3S/c1-33-22-13-7-17(8-14-22)24-18(16-29(28-24)20-5-3-2-4-6-20)15-23-25(31)30(26(32)34-23)21-11-9-19(27)10-12-21/h2-16H,1H3/b23-15-. The SMILES string of the molecule is COc1ccc(-c2nn(-c3ccccc3)cc2/C=C2\SC(=O)N(c3ccc(F)cc3)C2=O)cc1. The number of carbonyl (C=O) groups is 2. The minimum Gasteiger partial charge on any atom is -0.497 e. The Hall–Kier alpha value is -4.17. The molecule has 0 bridgehead atoms. The first-order valence-corrected chi connectivity index (χ1v) is 11.2. The van der Waals surface area contributed by atoms with Crippen LogP contribution in [0.1, 0.15) is 5.56 Å². The van der Waals surface area contributed by atoms with Crippen molar-refractivity contribution in [1.29, 1.82) is 0 Å². The third-order valence-corrected chi connectivity index (χ3v) is 6.16. The lowest BCUT2D eigenvalue weighted by Gasteiger charge is -2.11. The molecule has 1 saturated heterocycles. The molecule has 1 aromatic heterocycles. The molecule has 8 heteroatoms. The smallest absolute Gasteiger partial charge is 0.298 e. The van der Waals surface area contributed by atoms with E-state index in [1.807, 2.05) is 60.8 Å². The molecule has 1 aliphatic rings. The number of amides is 2. The van der Waals surface area contributed by atoms with E-state index >= 15 is 0 Å². The summed E-state index contributed by atoms with van der Waals surface area (Å²) >= 11 is 0.838. The van der Waals surface area contributed by atoms with Gasteiger partial charge in [-0.3, -0.25) is 9.59 Å². The molecule has 34 heavy (non-hydrogen) atoms. The molecule has 2 heterocycles. The summed E-state index contributed by atoms with van der Waals surface area (Å²) in [7, 11) is 1.60. The number of methoxy groups -OCH3 is 1. The van der Waals surface area contributed by atoms with E-state index in [9.17, 15) is 14.0 Å². The molecule has 0 unspecified atom stereocenters. The van der Waals surface area contributed by atoms with E-state index in [2.05, 4.69) is 0 Å². The van der Waals surface area contributed by atoms with Crippen molar-refractivity contribution in [2.24, 2.45) is 0 Å². The second-order valence-corrected chi connectivity index (χ2v) is 8.43. The number of thioether (sulfide) groups is 1. The van der Waals surface area contributed by atoms with Crippen LogP contribution in [-0.2, 0) is 4.79 Å². The molecule has 6 nitrogen and oxygen atoms in total. The van der Waals surface area contributed by atoms with Crippen LogP contribution in [0.25, 0.3) is 23.0 Å². The highest BCUT2D eigenvalue weighted by atomic mass is 32.2. The van der Waals surface area contributed by atoms with Gasteiger partial charge in [0, 0.05) is 17.3 Å². The fraction of sp³-hybridized carbons (Fsp3) is 0.0385. The normalized spacial score (nSPS) is 14.8. The van der Waals surface area contributed by atoms with Gasteiger partial charge in [-0.05, 0) is 78.5 Å². The van der Waals surface area contributed by atoms with Crippen molar-refractivity contribution in [2.75, 3.05) is 12.0 Å². The van der Waals surface area contributed by atoms with Crippen LogP contribution in [0, 0.1) is 5.82 Å². The van der Waals surface area contributed by atoms with Gasteiger partial charge in [0.15, 0.2) is 0 Å². The monoisotopic (exact) mass is 471 g/mol. The van der Waals surface area contributed by atoms with Crippen molar-refractivity contribution < 1.29 is 18.7 Å². The summed E-state index contributed by atoms with van der Waals surface area (Å²) in [5, 5.41) is 4.31. The summed E-state index contributed by atoms with van der Waals surface area (Å²) in [6.07, 6.45) is 3.49. The fourth-order valence-corrected chi connectivity index (χ4v) is 4.43. The first-order valence-electron chi connectivity index (χ1n) is 10.4. The van der Waals surface area contributed by atoms with Gasteiger partial charge in [-0.1, -0.05) is 18.2 Å². The maximum atomic E-state index is 13.3. The molecule has 0 atom stereocenters. The Bertz CT molecular complexity index is 1400. The van der Waals surface area contributed by atoms with Gasteiger partial charge in [-0.2, -0.15) is 5.10 Å². The number of hydrogen-bond acceptors (Lipinski definition) is 5. The number of imide groups is 1. The maximum absolute atomic E-state index is 13.3. The molecule has 2 amide bonds. The largest absolute Gasteiger partial charge is 0.497 e. The number of anilines is 1. The Morgan fingerprint density at radius 3 is 2.29 bits per heavy atom. The molecule has 5 rings (SSSR count). The lowest BCUT2D eigenvalue weighted by Crippen LogP contribution is -2.27. The summed E-state index contributed by atoms with van der Waals surface area (Å²) < 4.78 is 20.3. The molecule has 0 saturated carbocycles. The number of aromatic nitrogens is 2. The van der Waals surface area contributed by atoms with Crippen molar-refractivity contribution in [3.63, 3.8) is 0 Å². The van der Waals surface area contributed by atoms with Gasteiger partial charge in [0.25, 0.3) is 11.1 Å². The van der Waals surface area contributed by atoms with Gasteiger partial charge in [-0.15, -0.1) is 0 Å². The summed E-state index contributed by atoms with van der Waals surface area (Å²) in [5.74, 6) is -0.188. The van der Waals surface area contributed by atoms with E-state index in [1.54, 1.807) is 17.9 Å². The minimum atomic E-state index is -0.463. The Balaban J connectivity index is 1.57. The molecule has 0 radical (unpaired) electrons. The van der Waals surface area contributed by atoms with E-state index in [4.69, 9.17) is 9.84 Å². The van der Waals surface area contributed by atoms with Crippen molar-refractivity contribution in [1.82, 2.24) is 9.78 Å². The summed E-state index contributed by atoms with van der Waals surface area (Å²) in [4.78, 5) is 27.0.